The molecule has 0 aliphatic carbocycles. The Balaban J connectivity index is 2.08. The molecule has 0 atom stereocenters. The van der Waals surface area contributed by atoms with Gasteiger partial charge in [-0.25, -0.2) is 17.7 Å². The molecule has 0 spiro atoms. The van der Waals surface area contributed by atoms with Gasteiger partial charge >= 0.3 is 0 Å². The third-order valence-electron chi connectivity index (χ3n) is 4.40. The van der Waals surface area contributed by atoms with E-state index >= 15 is 0 Å². The fraction of sp³-hybridized carbons (Fsp3) is 0.421. The summed E-state index contributed by atoms with van der Waals surface area (Å²) < 4.78 is 29.5. The van der Waals surface area contributed by atoms with E-state index < -0.39 is 10.0 Å². The molecule has 1 aromatic carbocycles. The summed E-state index contributed by atoms with van der Waals surface area (Å²) >= 11 is 0. The summed E-state index contributed by atoms with van der Waals surface area (Å²) in [7, 11) is -3.75. The molecule has 2 heterocycles. The Labute approximate surface area is 160 Å². The van der Waals surface area contributed by atoms with Gasteiger partial charge in [-0.15, -0.1) is 5.10 Å². The number of aromatic nitrogens is 4. The van der Waals surface area contributed by atoms with Gasteiger partial charge in [0.1, 0.15) is 0 Å². The second kappa shape index (κ2) is 7.64. The van der Waals surface area contributed by atoms with Crippen LogP contribution in [0.1, 0.15) is 43.1 Å². The van der Waals surface area contributed by atoms with Gasteiger partial charge in [-0.05, 0) is 45.4 Å². The van der Waals surface area contributed by atoms with E-state index in [0.717, 1.165) is 36.2 Å². The molecule has 144 valence electrons. The summed E-state index contributed by atoms with van der Waals surface area (Å²) in [5.41, 5.74) is 2.68. The number of sulfonamides is 1. The first-order chi connectivity index (χ1) is 12.8. The molecular weight excluding hydrogens is 362 g/mol. The largest absolute Gasteiger partial charge is 0.266 e. The number of unbranched alkanes of at least 4 members (excludes halogenated alkanes) is 2. The van der Waals surface area contributed by atoms with Gasteiger partial charge in [0.2, 0.25) is 0 Å². The molecule has 0 aliphatic heterocycles. The van der Waals surface area contributed by atoms with Gasteiger partial charge in [0.05, 0.1) is 4.90 Å². The lowest BCUT2D eigenvalue weighted by Crippen LogP contribution is -2.33. The Hall–Kier alpha value is -2.48. The molecule has 0 N–H and O–H groups in total. The highest BCUT2D eigenvalue weighted by Gasteiger charge is 2.28. The first kappa shape index (κ1) is 19.3. The normalized spacial score (nSPS) is 11.9. The zero-order valence-corrected chi connectivity index (χ0v) is 17.0. The highest BCUT2D eigenvalue weighted by atomic mass is 32.2. The van der Waals surface area contributed by atoms with Crippen molar-refractivity contribution in [2.75, 3.05) is 10.8 Å². The average molecular weight is 388 g/mol. The Morgan fingerprint density at radius 2 is 1.74 bits per heavy atom. The van der Waals surface area contributed by atoms with Crippen molar-refractivity contribution >= 4 is 21.7 Å². The Kier molecular flexibility index (Phi) is 5.46. The van der Waals surface area contributed by atoms with E-state index in [2.05, 4.69) is 22.0 Å². The van der Waals surface area contributed by atoms with Crippen LogP contribution < -0.4 is 4.31 Å². The lowest BCUT2D eigenvalue weighted by Gasteiger charge is -2.20. The minimum atomic E-state index is -3.75. The van der Waals surface area contributed by atoms with Crippen LogP contribution in [-0.4, -0.2) is 34.5 Å². The molecule has 2 aromatic heterocycles. The van der Waals surface area contributed by atoms with Crippen LogP contribution in [0.5, 0.6) is 0 Å². The zero-order valence-electron chi connectivity index (χ0n) is 16.2. The molecule has 3 rings (SSSR count). The van der Waals surface area contributed by atoms with E-state index in [1.807, 2.05) is 26.8 Å². The smallest absolute Gasteiger partial charge is 0.232 e. The van der Waals surface area contributed by atoms with Gasteiger partial charge in [-0.1, -0.05) is 37.5 Å². The van der Waals surface area contributed by atoms with E-state index in [4.69, 9.17) is 0 Å². The van der Waals surface area contributed by atoms with Gasteiger partial charge in [-0.3, -0.25) is 0 Å². The summed E-state index contributed by atoms with van der Waals surface area (Å²) in [6.07, 6.45) is 2.67. The van der Waals surface area contributed by atoms with E-state index in [9.17, 15) is 8.42 Å². The van der Waals surface area contributed by atoms with Crippen LogP contribution >= 0.6 is 0 Å². The van der Waals surface area contributed by atoms with E-state index in [1.165, 1.54) is 4.31 Å². The second-order valence-electron chi connectivity index (χ2n) is 6.76. The van der Waals surface area contributed by atoms with E-state index in [0.29, 0.717) is 12.3 Å². The summed E-state index contributed by atoms with van der Waals surface area (Å²) in [6, 6.07) is 8.73. The second-order valence-corrected chi connectivity index (χ2v) is 8.62. The van der Waals surface area contributed by atoms with Crippen LogP contribution in [0.25, 0.3) is 5.78 Å². The molecule has 3 aromatic rings. The van der Waals surface area contributed by atoms with Gasteiger partial charge < -0.3 is 0 Å². The average Bonchev–Trinajstić information content (AvgIpc) is 3.02. The molecule has 27 heavy (non-hydrogen) atoms. The standard InChI is InChI=1S/C19H25N5O2S/c1-5-6-7-12-23(27(25,26)17-10-8-14(2)9-11-17)19-21-18-20-15(3)13-16(4)24(18)22-19/h8-11,13H,5-7,12H2,1-4H3. The molecular formula is C19H25N5O2S. The van der Waals surface area contributed by atoms with Crippen LogP contribution in [0.4, 0.5) is 5.95 Å². The van der Waals surface area contributed by atoms with Crippen LogP contribution in [0.3, 0.4) is 0 Å². The number of hydrogen-bond donors (Lipinski definition) is 0. The number of nitrogens with zero attached hydrogens (tertiary/aromatic N) is 5. The van der Waals surface area contributed by atoms with Gasteiger partial charge in [0.15, 0.2) is 0 Å². The SMILES string of the molecule is CCCCCN(c1nc2nc(C)cc(C)n2n1)S(=O)(=O)c1ccc(C)cc1. The number of fused-ring (bicyclic) bond motifs is 1. The van der Waals surface area contributed by atoms with Crippen molar-refractivity contribution in [2.24, 2.45) is 0 Å². The summed E-state index contributed by atoms with van der Waals surface area (Å²) in [6.45, 7) is 8.12. The highest BCUT2D eigenvalue weighted by molar-refractivity contribution is 7.92. The molecule has 7 nitrogen and oxygen atoms in total. The van der Waals surface area contributed by atoms with Crippen molar-refractivity contribution in [3.05, 3.63) is 47.3 Å². The van der Waals surface area contributed by atoms with Crippen LogP contribution in [0, 0.1) is 20.8 Å². The summed E-state index contributed by atoms with van der Waals surface area (Å²) in [5.74, 6) is 0.565. The van der Waals surface area contributed by atoms with Crippen molar-refractivity contribution in [3.8, 4) is 0 Å². The monoisotopic (exact) mass is 387 g/mol. The maximum absolute atomic E-state index is 13.3. The highest BCUT2D eigenvalue weighted by Crippen LogP contribution is 2.23. The molecule has 0 fully saturated rings. The Morgan fingerprint density at radius 1 is 1.04 bits per heavy atom. The van der Waals surface area contributed by atoms with Gasteiger partial charge in [0, 0.05) is 17.9 Å². The number of aryl methyl sites for hydroxylation is 3. The van der Waals surface area contributed by atoms with Crippen molar-refractivity contribution in [1.29, 1.82) is 0 Å². The van der Waals surface area contributed by atoms with E-state index in [1.54, 1.807) is 28.8 Å². The van der Waals surface area contributed by atoms with E-state index in [-0.39, 0.29) is 10.8 Å². The summed E-state index contributed by atoms with van der Waals surface area (Å²) in [5, 5.41) is 4.43. The quantitative estimate of drug-likeness (QED) is 0.580. The van der Waals surface area contributed by atoms with Gasteiger partial charge in [0.25, 0.3) is 21.7 Å². The number of hydrogen-bond acceptors (Lipinski definition) is 5. The Bertz CT molecular complexity index is 1040. The maximum Gasteiger partial charge on any atom is 0.266 e. The van der Waals surface area contributed by atoms with Crippen LogP contribution in [0.2, 0.25) is 0 Å². The lowest BCUT2D eigenvalue weighted by molar-refractivity contribution is 0.585. The van der Waals surface area contributed by atoms with Crippen LogP contribution in [-0.2, 0) is 10.0 Å². The molecule has 0 aliphatic rings. The molecule has 0 saturated heterocycles. The molecule has 0 unspecified atom stereocenters. The number of anilines is 1. The lowest BCUT2D eigenvalue weighted by atomic mass is 10.2. The first-order valence-corrected chi connectivity index (χ1v) is 10.6. The predicted octanol–water partition coefficient (Wildman–Crippen LogP) is 3.44. The molecule has 0 amide bonds. The molecule has 0 saturated carbocycles. The molecule has 0 bridgehead atoms. The van der Waals surface area contributed by atoms with Gasteiger partial charge in [-0.2, -0.15) is 9.50 Å². The molecule has 8 heteroatoms. The fourth-order valence-corrected chi connectivity index (χ4v) is 4.33. The van der Waals surface area contributed by atoms with Crippen molar-refractivity contribution in [3.63, 3.8) is 0 Å². The fourth-order valence-electron chi connectivity index (χ4n) is 2.93. The first-order valence-electron chi connectivity index (χ1n) is 9.13. The topological polar surface area (TPSA) is 80.5 Å². The third kappa shape index (κ3) is 3.95. The van der Waals surface area contributed by atoms with Crippen molar-refractivity contribution < 1.29 is 8.42 Å². The Morgan fingerprint density at radius 3 is 2.41 bits per heavy atom. The predicted molar refractivity (Wildman–Crippen MR) is 105 cm³/mol. The zero-order chi connectivity index (χ0) is 19.6. The maximum atomic E-state index is 13.3. The minimum Gasteiger partial charge on any atom is -0.232 e. The number of benzene rings is 1. The van der Waals surface area contributed by atoms with Crippen molar-refractivity contribution in [1.82, 2.24) is 19.6 Å². The minimum absolute atomic E-state index is 0.160. The van der Waals surface area contributed by atoms with Crippen molar-refractivity contribution in [2.45, 2.75) is 51.9 Å². The van der Waals surface area contributed by atoms with Crippen LogP contribution in [0.15, 0.2) is 35.2 Å². The molecule has 0 radical (unpaired) electrons. The summed E-state index contributed by atoms with van der Waals surface area (Å²) in [4.78, 5) is 9.02. The third-order valence-corrected chi connectivity index (χ3v) is 6.20. The number of rotatable bonds is 7.